The zero-order valence-corrected chi connectivity index (χ0v) is 13.1. The topological polar surface area (TPSA) is 42.0 Å². The van der Waals surface area contributed by atoms with Gasteiger partial charge in [0.2, 0.25) is 0 Å². The molecule has 2 heterocycles. The van der Waals surface area contributed by atoms with Crippen LogP contribution >= 0.6 is 27.3 Å². The van der Waals surface area contributed by atoms with E-state index in [2.05, 4.69) is 26.2 Å². The molecule has 0 saturated heterocycles. The van der Waals surface area contributed by atoms with Gasteiger partial charge in [0.05, 0.1) is 26.1 Å². The van der Waals surface area contributed by atoms with E-state index in [4.69, 9.17) is 0 Å². The molecule has 3 nitrogen and oxygen atoms in total. The molecule has 0 unspecified atom stereocenters. The summed E-state index contributed by atoms with van der Waals surface area (Å²) in [6.45, 7) is 1.97. The van der Waals surface area contributed by atoms with Gasteiger partial charge in [-0.25, -0.2) is 0 Å². The van der Waals surface area contributed by atoms with Crippen molar-refractivity contribution in [3.8, 4) is 0 Å². The number of aromatic nitrogens is 1. The molecule has 0 radical (unpaired) electrons. The van der Waals surface area contributed by atoms with Gasteiger partial charge in [-0.2, -0.15) is 0 Å². The Morgan fingerprint density at radius 1 is 1.30 bits per heavy atom. The predicted octanol–water partition coefficient (Wildman–Crippen LogP) is 4.62. The number of thiophene rings is 1. The minimum atomic E-state index is -0.110. The first-order valence-electron chi connectivity index (χ1n) is 6.05. The number of carbonyl (C=O) groups excluding carboxylic acids is 1. The summed E-state index contributed by atoms with van der Waals surface area (Å²) in [5.41, 5.74) is 2.69. The third kappa shape index (κ3) is 2.59. The van der Waals surface area contributed by atoms with Crippen molar-refractivity contribution in [3.05, 3.63) is 56.8 Å². The van der Waals surface area contributed by atoms with Crippen molar-refractivity contribution in [2.75, 3.05) is 5.32 Å². The van der Waals surface area contributed by atoms with Crippen LogP contribution in [0.5, 0.6) is 0 Å². The summed E-state index contributed by atoms with van der Waals surface area (Å²) >= 11 is 4.86. The number of aryl methyl sites for hydroxylation is 1. The summed E-state index contributed by atoms with van der Waals surface area (Å²) in [5, 5.41) is 3.89. The number of amides is 1. The fourth-order valence-electron chi connectivity index (χ4n) is 1.90. The fraction of sp³-hybridized carbons (Fsp3) is 0.0667. The van der Waals surface area contributed by atoms with E-state index in [1.165, 1.54) is 11.3 Å². The zero-order valence-electron chi connectivity index (χ0n) is 10.7. The minimum Gasteiger partial charge on any atom is -0.320 e. The van der Waals surface area contributed by atoms with Crippen LogP contribution in [-0.4, -0.2) is 10.9 Å². The molecule has 20 heavy (non-hydrogen) atoms. The highest BCUT2D eigenvalue weighted by molar-refractivity contribution is 9.11. The molecular formula is C15H11BrN2OS. The molecule has 3 aromatic rings. The van der Waals surface area contributed by atoms with Gasteiger partial charge in [0.25, 0.3) is 5.91 Å². The van der Waals surface area contributed by atoms with Crippen molar-refractivity contribution in [3.63, 3.8) is 0 Å². The molecule has 1 amide bonds. The van der Waals surface area contributed by atoms with Crippen LogP contribution < -0.4 is 5.32 Å². The van der Waals surface area contributed by atoms with Crippen molar-refractivity contribution in [2.24, 2.45) is 0 Å². The van der Waals surface area contributed by atoms with E-state index < -0.39 is 0 Å². The van der Waals surface area contributed by atoms with Crippen LogP contribution in [0.1, 0.15) is 15.2 Å². The smallest absolute Gasteiger partial charge is 0.265 e. The number of carbonyl (C=O) groups is 1. The van der Waals surface area contributed by atoms with Crippen LogP contribution in [0, 0.1) is 6.92 Å². The monoisotopic (exact) mass is 346 g/mol. The van der Waals surface area contributed by atoms with Crippen molar-refractivity contribution in [2.45, 2.75) is 6.92 Å². The number of para-hydroxylation sites is 1. The van der Waals surface area contributed by atoms with Crippen LogP contribution in [0.25, 0.3) is 10.9 Å². The zero-order chi connectivity index (χ0) is 14.1. The van der Waals surface area contributed by atoms with Crippen LogP contribution in [0.15, 0.2) is 46.4 Å². The molecule has 1 aromatic carbocycles. The first kappa shape index (κ1) is 13.3. The molecule has 1 N–H and O–H groups in total. The number of fused-ring (bicyclic) bond motifs is 1. The quantitative estimate of drug-likeness (QED) is 0.735. The Hall–Kier alpha value is -1.72. The molecule has 0 aliphatic rings. The molecule has 0 bridgehead atoms. The van der Waals surface area contributed by atoms with Gasteiger partial charge in [-0.1, -0.05) is 18.2 Å². The van der Waals surface area contributed by atoms with Gasteiger partial charge in [0, 0.05) is 5.39 Å². The molecule has 0 saturated carbocycles. The summed E-state index contributed by atoms with van der Waals surface area (Å²) in [4.78, 5) is 17.2. The molecule has 100 valence electrons. The van der Waals surface area contributed by atoms with Crippen molar-refractivity contribution in [1.29, 1.82) is 0 Å². The lowest BCUT2D eigenvalue weighted by Crippen LogP contribution is -2.10. The average molecular weight is 347 g/mol. The highest BCUT2D eigenvalue weighted by atomic mass is 79.9. The lowest BCUT2D eigenvalue weighted by Gasteiger charge is -2.04. The van der Waals surface area contributed by atoms with Gasteiger partial charge in [-0.15, -0.1) is 11.3 Å². The Labute approximate surface area is 128 Å². The summed E-state index contributed by atoms with van der Waals surface area (Å²) in [5.74, 6) is -0.110. The van der Waals surface area contributed by atoms with Gasteiger partial charge in [0.1, 0.15) is 0 Å². The minimum absolute atomic E-state index is 0.110. The molecule has 5 heteroatoms. The molecule has 0 aliphatic heterocycles. The number of hydrogen-bond acceptors (Lipinski definition) is 3. The van der Waals surface area contributed by atoms with Crippen LogP contribution in [0.3, 0.4) is 0 Å². The van der Waals surface area contributed by atoms with Crippen LogP contribution in [0.4, 0.5) is 5.69 Å². The van der Waals surface area contributed by atoms with Crippen molar-refractivity contribution >= 4 is 49.8 Å². The lowest BCUT2D eigenvalue weighted by atomic mass is 10.2. The van der Waals surface area contributed by atoms with E-state index in [1.54, 1.807) is 6.20 Å². The maximum Gasteiger partial charge on any atom is 0.265 e. The normalized spacial score (nSPS) is 10.7. The maximum absolute atomic E-state index is 12.2. The predicted molar refractivity (Wildman–Crippen MR) is 86.5 cm³/mol. The van der Waals surface area contributed by atoms with Gasteiger partial charge in [0.15, 0.2) is 0 Å². The van der Waals surface area contributed by atoms with Crippen molar-refractivity contribution in [1.82, 2.24) is 4.98 Å². The number of rotatable bonds is 2. The first-order valence-corrected chi connectivity index (χ1v) is 7.66. The largest absolute Gasteiger partial charge is 0.320 e. The second kappa shape index (κ2) is 5.34. The van der Waals surface area contributed by atoms with E-state index in [0.717, 1.165) is 20.3 Å². The lowest BCUT2D eigenvalue weighted by molar-refractivity contribution is 0.103. The highest BCUT2D eigenvalue weighted by Crippen LogP contribution is 2.28. The van der Waals surface area contributed by atoms with E-state index in [-0.39, 0.29) is 5.91 Å². The van der Waals surface area contributed by atoms with Gasteiger partial charge >= 0.3 is 0 Å². The third-order valence-electron chi connectivity index (χ3n) is 2.93. The number of nitrogens with one attached hydrogen (secondary N) is 1. The molecular weight excluding hydrogens is 336 g/mol. The van der Waals surface area contributed by atoms with E-state index in [1.807, 2.05) is 43.3 Å². The maximum atomic E-state index is 12.2. The Morgan fingerprint density at radius 3 is 2.85 bits per heavy atom. The SMILES string of the molecule is Cc1cc(C(=O)Nc2cnc3ccccc3c2)sc1Br. The van der Waals surface area contributed by atoms with Gasteiger partial charge in [-0.05, 0) is 46.6 Å². The molecule has 0 fully saturated rings. The Bertz CT molecular complexity index is 778. The average Bonchev–Trinajstić information content (AvgIpc) is 2.79. The second-order valence-corrected chi connectivity index (χ2v) is 6.81. The second-order valence-electron chi connectivity index (χ2n) is 4.44. The summed E-state index contributed by atoms with van der Waals surface area (Å²) in [7, 11) is 0. The molecule has 0 spiro atoms. The standard InChI is InChI=1S/C15H11BrN2OS/c1-9-6-13(20-14(9)16)15(19)18-11-7-10-4-2-3-5-12(10)17-8-11/h2-8H,1H3,(H,18,19). The molecule has 2 aromatic heterocycles. The number of anilines is 1. The third-order valence-corrected chi connectivity index (χ3v) is 5.06. The molecule has 0 atom stereocenters. The van der Waals surface area contributed by atoms with Gasteiger partial charge < -0.3 is 5.32 Å². The van der Waals surface area contributed by atoms with Gasteiger partial charge in [-0.3, -0.25) is 9.78 Å². The Balaban J connectivity index is 1.87. The highest BCUT2D eigenvalue weighted by Gasteiger charge is 2.11. The number of halogens is 1. The van der Waals surface area contributed by atoms with Crippen molar-refractivity contribution < 1.29 is 4.79 Å². The Kier molecular flexibility index (Phi) is 3.54. The number of pyridine rings is 1. The molecule has 0 aliphatic carbocycles. The first-order chi connectivity index (χ1) is 9.63. The van der Waals surface area contributed by atoms with E-state index in [0.29, 0.717) is 10.6 Å². The fourth-order valence-corrected chi connectivity index (χ4v) is 3.33. The number of nitrogens with zero attached hydrogens (tertiary/aromatic N) is 1. The van der Waals surface area contributed by atoms with E-state index >= 15 is 0 Å². The number of benzene rings is 1. The van der Waals surface area contributed by atoms with Crippen LogP contribution in [0.2, 0.25) is 0 Å². The van der Waals surface area contributed by atoms with E-state index in [9.17, 15) is 4.79 Å². The van der Waals surface area contributed by atoms with Crippen LogP contribution in [-0.2, 0) is 0 Å². The summed E-state index contributed by atoms with van der Waals surface area (Å²) in [6.07, 6.45) is 1.68. The Morgan fingerprint density at radius 2 is 2.10 bits per heavy atom. The molecule has 3 rings (SSSR count). The summed E-state index contributed by atoms with van der Waals surface area (Å²) in [6, 6.07) is 11.6. The summed E-state index contributed by atoms with van der Waals surface area (Å²) < 4.78 is 0.985. The number of hydrogen-bond donors (Lipinski definition) is 1.